The normalized spacial score (nSPS) is 16.2. The number of aryl methyl sites for hydroxylation is 1. The van der Waals surface area contributed by atoms with Crippen molar-refractivity contribution < 1.29 is 24.1 Å². The van der Waals surface area contributed by atoms with E-state index < -0.39 is 6.16 Å². The zero-order valence-corrected chi connectivity index (χ0v) is 18.5. The number of piperidine rings is 1. The molecule has 10 heteroatoms. The van der Waals surface area contributed by atoms with Gasteiger partial charge in [-0.1, -0.05) is 6.07 Å². The predicted molar refractivity (Wildman–Crippen MR) is 121 cm³/mol. The van der Waals surface area contributed by atoms with Gasteiger partial charge in [-0.2, -0.15) is 4.98 Å². The largest absolute Gasteiger partial charge is 0.506 e. The SMILES string of the molecule is Cc1cc2c(NCc3ccc4c(c3)OCCO4)nc(N3CCC(OC(=O)O)CC3)nc2s1. The van der Waals surface area contributed by atoms with E-state index in [2.05, 4.69) is 23.2 Å². The van der Waals surface area contributed by atoms with E-state index in [0.717, 1.165) is 33.1 Å². The van der Waals surface area contributed by atoms with Gasteiger partial charge in [-0.3, -0.25) is 0 Å². The minimum atomic E-state index is -1.22. The third-order valence-corrected chi connectivity index (χ3v) is 6.51. The number of hydrogen-bond acceptors (Lipinski definition) is 9. The lowest BCUT2D eigenvalue weighted by atomic mass is 10.1. The van der Waals surface area contributed by atoms with E-state index in [-0.39, 0.29) is 6.10 Å². The summed E-state index contributed by atoms with van der Waals surface area (Å²) < 4.78 is 16.2. The van der Waals surface area contributed by atoms with Gasteiger partial charge < -0.3 is 29.5 Å². The maximum Gasteiger partial charge on any atom is 0.506 e. The molecule has 2 aliphatic heterocycles. The Morgan fingerprint density at radius 2 is 2.00 bits per heavy atom. The van der Waals surface area contributed by atoms with Crippen LogP contribution in [0.15, 0.2) is 24.3 Å². The number of benzene rings is 1. The molecule has 1 saturated heterocycles. The fraction of sp³-hybridized carbons (Fsp3) is 0.409. The number of nitrogens with zero attached hydrogens (tertiary/aromatic N) is 3. The van der Waals surface area contributed by atoms with Gasteiger partial charge in [0.1, 0.15) is 30.0 Å². The smallest absolute Gasteiger partial charge is 0.486 e. The van der Waals surface area contributed by atoms with Crippen LogP contribution in [0.1, 0.15) is 23.3 Å². The Labute approximate surface area is 188 Å². The molecule has 2 N–H and O–H groups in total. The summed E-state index contributed by atoms with van der Waals surface area (Å²) in [7, 11) is 0. The van der Waals surface area contributed by atoms with Gasteiger partial charge in [0.2, 0.25) is 5.95 Å². The summed E-state index contributed by atoms with van der Waals surface area (Å²) >= 11 is 1.64. The van der Waals surface area contributed by atoms with Gasteiger partial charge in [0.25, 0.3) is 0 Å². The molecule has 3 aromatic rings. The molecular formula is C22H24N4O5S. The summed E-state index contributed by atoms with van der Waals surface area (Å²) in [5, 5.41) is 13.3. The van der Waals surface area contributed by atoms with E-state index in [0.29, 0.717) is 51.6 Å². The average molecular weight is 457 g/mol. The van der Waals surface area contributed by atoms with Crippen LogP contribution in [-0.2, 0) is 11.3 Å². The van der Waals surface area contributed by atoms with E-state index in [1.165, 1.54) is 4.88 Å². The second-order valence-corrected chi connectivity index (χ2v) is 9.08. The number of ether oxygens (including phenoxy) is 3. The van der Waals surface area contributed by atoms with Gasteiger partial charge in [-0.05, 0) is 30.7 Å². The molecule has 0 amide bonds. The number of fused-ring (bicyclic) bond motifs is 2. The van der Waals surface area contributed by atoms with Crippen molar-refractivity contribution in [1.29, 1.82) is 0 Å². The van der Waals surface area contributed by atoms with Crippen molar-refractivity contribution in [3.63, 3.8) is 0 Å². The number of thiophene rings is 1. The van der Waals surface area contributed by atoms with Crippen molar-refractivity contribution in [3.05, 3.63) is 34.7 Å². The van der Waals surface area contributed by atoms with E-state index in [1.54, 1.807) is 11.3 Å². The fourth-order valence-corrected chi connectivity index (χ4v) is 4.88. The molecule has 0 spiro atoms. The highest BCUT2D eigenvalue weighted by Crippen LogP contribution is 2.33. The highest BCUT2D eigenvalue weighted by atomic mass is 32.1. The molecule has 5 rings (SSSR count). The molecule has 0 unspecified atom stereocenters. The topological polar surface area (TPSA) is 106 Å². The third kappa shape index (κ3) is 4.36. The lowest BCUT2D eigenvalue weighted by Crippen LogP contribution is -2.38. The van der Waals surface area contributed by atoms with Gasteiger partial charge in [0, 0.05) is 37.4 Å². The van der Waals surface area contributed by atoms with Gasteiger partial charge in [-0.25, -0.2) is 9.78 Å². The molecule has 168 valence electrons. The van der Waals surface area contributed by atoms with Crippen molar-refractivity contribution in [1.82, 2.24) is 9.97 Å². The molecule has 1 fully saturated rings. The highest BCUT2D eigenvalue weighted by Gasteiger charge is 2.25. The molecular weight excluding hydrogens is 432 g/mol. The third-order valence-electron chi connectivity index (χ3n) is 5.56. The lowest BCUT2D eigenvalue weighted by molar-refractivity contribution is 0.0415. The summed E-state index contributed by atoms with van der Waals surface area (Å²) in [6.07, 6.45) is -0.251. The minimum Gasteiger partial charge on any atom is -0.486 e. The Bertz CT molecular complexity index is 1140. The van der Waals surface area contributed by atoms with Crippen LogP contribution in [0.2, 0.25) is 0 Å². The average Bonchev–Trinajstić information content (AvgIpc) is 3.17. The Kier molecular flexibility index (Phi) is 5.60. The van der Waals surface area contributed by atoms with Gasteiger partial charge in [-0.15, -0.1) is 11.3 Å². The molecule has 0 radical (unpaired) electrons. The van der Waals surface area contributed by atoms with E-state index in [1.807, 2.05) is 18.2 Å². The van der Waals surface area contributed by atoms with Crippen molar-refractivity contribution in [2.45, 2.75) is 32.4 Å². The molecule has 0 saturated carbocycles. The Morgan fingerprint density at radius 1 is 1.22 bits per heavy atom. The first-order valence-electron chi connectivity index (χ1n) is 10.6. The van der Waals surface area contributed by atoms with Gasteiger partial charge in [0.15, 0.2) is 11.5 Å². The standard InChI is InChI=1S/C22H24N4O5S/c1-13-10-16-19(23-12-14-2-3-17-18(11-14)30-9-8-29-17)24-21(25-20(16)32-13)26-6-4-15(5-7-26)31-22(27)28/h2-3,10-11,15H,4-9,12H2,1H3,(H,27,28)(H,23,24,25). The Balaban J connectivity index is 1.35. The monoisotopic (exact) mass is 456 g/mol. The molecule has 2 aromatic heterocycles. The van der Waals surface area contributed by atoms with E-state index >= 15 is 0 Å². The maximum absolute atomic E-state index is 10.8. The zero-order valence-electron chi connectivity index (χ0n) is 17.7. The lowest BCUT2D eigenvalue weighted by Gasteiger charge is -2.31. The number of anilines is 2. The summed E-state index contributed by atoms with van der Waals surface area (Å²) in [5.74, 6) is 2.98. The fourth-order valence-electron chi connectivity index (χ4n) is 4.01. The van der Waals surface area contributed by atoms with Gasteiger partial charge in [0.05, 0.1) is 5.39 Å². The number of nitrogens with one attached hydrogen (secondary N) is 1. The van der Waals surface area contributed by atoms with Crippen LogP contribution in [0.5, 0.6) is 11.5 Å². The minimum absolute atomic E-state index is 0.274. The number of rotatable bonds is 5. The van der Waals surface area contributed by atoms with Crippen molar-refractivity contribution in [2.24, 2.45) is 0 Å². The second-order valence-electron chi connectivity index (χ2n) is 7.85. The summed E-state index contributed by atoms with van der Waals surface area (Å²) in [6.45, 7) is 5.08. The Hall–Kier alpha value is -3.27. The van der Waals surface area contributed by atoms with Crippen LogP contribution >= 0.6 is 11.3 Å². The van der Waals surface area contributed by atoms with Crippen molar-refractivity contribution in [2.75, 3.05) is 36.5 Å². The molecule has 4 heterocycles. The second kappa shape index (κ2) is 8.70. The summed E-state index contributed by atoms with van der Waals surface area (Å²) in [4.78, 5) is 24.6. The van der Waals surface area contributed by atoms with Crippen LogP contribution < -0.4 is 19.7 Å². The number of hydrogen-bond donors (Lipinski definition) is 2. The predicted octanol–water partition coefficient (Wildman–Crippen LogP) is 4.05. The number of aromatic nitrogens is 2. The molecule has 1 aromatic carbocycles. The van der Waals surface area contributed by atoms with Crippen LogP contribution in [0, 0.1) is 6.92 Å². The first-order chi connectivity index (χ1) is 15.5. The molecule has 0 atom stereocenters. The van der Waals surface area contributed by atoms with E-state index in [9.17, 15) is 4.79 Å². The van der Waals surface area contributed by atoms with Crippen LogP contribution in [-0.4, -0.2) is 53.6 Å². The first kappa shape index (κ1) is 20.6. The van der Waals surface area contributed by atoms with E-state index in [4.69, 9.17) is 29.3 Å². The van der Waals surface area contributed by atoms with Crippen LogP contribution in [0.25, 0.3) is 10.2 Å². The first-order valence-corrected chi connectivity index (χ1v) is 11.4. The molecule has 0 aliphatic carbocycles. The number of carboxylic acid groups (broad SMARTS) is 1. The maximum atomic E-state index is 10.8. The molecule has 2 aliphatic rings. The van der Waals surface area contributed by atoms with Gasteiger partial charge >= 0.3 is 6.16 Å². The zero-order chi connectivity index (χ0) is 22.1. The number of carbonyl (C=O) groups is 1. The highest BCUT2D eigenvalue weighted by molar-refractivity contribution is 7.18. The Morgan fingerprint density at radius 3 is 2.78 bits per heavy atom. The van der Waals surface area contributed by atoms with Crippen LogP contribution in [0.3, 0.4) is 0 Å². The molecule has 32 heavy (non-hydrogen) atoms. The summed E-state index contributed by atoms with van der Waals surface area (Å²) in [6, 6.07) is 8.05. The molecule has 9 nitrogen and oxygen atoms in total. The van der Waals surface area contributed by atoms with Crippen LogP contribution in [0.4, 0.5) is 16.6 Å². The quantitative estimate of drug-likeness (QED) is 0.550. The van der Waals surface area contributed by atoms with Crippen molar-refractivity contribution >= 4 is 39.5 Å². The summed E-state index contributed by atoms with van der Waals surface area (Å²) in [5.41, 5.74) is 1.07. The molecule has 0 bridgehead atoms. The van der Waals surface area contributed by atoms with Crippen molar-refractivity contribution in [3.8, 4) is 11.5 Å².